The first-order valence-electron chi connectivity index (χ1n) is 8.87. The van der Waals surface area contributed by atoms with Gasteiger partial charge in [-0.1, -0.05) is 25.1 Å². The second kappa shape index (κ2) is 9.32. The van der Waals surface area contributed by atoms with Crippen LogP contribution in [0.25, 0.3) is 11.0 Å². The Kier molecular flexibility index (Phi) is 6.59. The SMILES string of the molecule is CCCCOc1ccc(NC(=O)CSc2nc3ccc(OC)cc3[nH]2)cc1. The topological polar surface area (TPSA) is 76.2 Å². The lowest BCUT2D eigenvalue weighted by molar-refractivity contribution is -0.113. The van der Waals surface area contributed by atoms with Crippen molar-refractivity contribution in [2.75, 3.05) is 24.8 Å². The van der Waals surface area contributed by atoms with Crippen molar-refractivity contribution >= 4 is 34.4 Å². The molecule has 2 aromatic carbocycles. The third-order valence-electron chi connectivity index (χ3n) is 3.91. The zero-order valence-corrected chi connectivity index (χ0v) is 16.3. The zero-order chi connectivity index (χ0) is 19.1. The number of ether oxygens (including phenoxy) is 2. The number of amides is 1. The Balaban J connectivity index is 1.50. The fourth-order valence-electron chi connectivity index (χ4n) is 2.46. The number of methoxy groups -OCH3 is 1. The molecule has 2 N–H and O–H groups in total. The molecule has 0 bridgehead atoms. The first-order chi connectivity index (χ1) is 13.2. The Morgan fingerprint density at radius 2 is 1.96 bits per heavy atom. The summed E-state index contributed by atoms with van der Waals surface area (Å²) in [6.07, 6.45) is 2.13. The van der Waals surface area contributed by atoms with E-state index in [0.717, 1.165) is 41.1 Å². The summed E-state index contributed by atoms with van der Waals surface area (Å²) in [4.78, 5) is 19.8. The number of fused-ring (bicyclic) bond motifs is 1. The maximum Gasteiger partial charge on any atom is 0.234 e. The molecule has 0 spiro atoms. The average molecular weight is 385 g/mol. The molecule has 0 aliphatic heterocycles. The fourth-order valence-corrected chi connectivity index (χ4v) is 3.15. The molecule has 0 saturated heterocycles. The average Bonchev–Trinajstić information content (AvgIpc) is 3.10. The van der Waals surface area contributed by atoms with E-state index in [1.165, 1.54) is 11.8 Å². The van der Waals surface area contributed by atoms with Gasteiger partial charge in [0.1, 0.15) is 11.5 Å². The van der Waals surface area contributed by atoms with Crippen molar-refractivity contribution in [2.24, 2.45) is 0 Å². The van der Waals surface area contributed by atoms with Crippen molar-refractivity contribution in [2.45, 2.75) is 24.9 Å². The van der Waals surface area contributed by atoms with Crippen molar-refractivity contribution < 1.29 is 14.3 Å². The number of unbranched alkanes of at least 4 members (excludes halogenated alkanes) is 1. The van der Waals surface area contributed by atoms with E-state index < -0.39 is 0 Å². The molecule has 0 radical (unpaired) electrons. The molecule has 1 aromatic heterocycles. The fraction of sp³-hybridized carbons (Fsp3) is 0.300. The summed E-state index contributed by atoms with van der Waals surface area (Å²) in [5, 5.41) is 3.58. The Labute approximate surface area is 162 Å². The number of nitrogens with one attached hydrogen (secondary N) is 2. The largest absolute Gasteiger partial charge is 0.497 e. The van der Waals surface area contributed by atoms with Gasteiger partial charge in [-0.2, -0.15) is 0 Å². The molecule has 142 valence electrons. The highest BCUT2D eigenvalue weighted by atomic mass is 32.2. The molecule has 3 aromatic rings. The smallest absolute Gasteiger partial charge is 0.234 e. The second-order valence-corrected chi connectivity index (χ2v) is 6.95. The van der Waals surface area contributed by atoms with Crippen molar-refractivity contribution in [1.82, 2.24) is 9.97 Å². The van der Waals surface area contributed by atoms with Crippen LogP contribution >= 0.6 is 11.8 Å². The van der Waals surface area contributed by atoms with Crippen LogP contribution in [0.4, 0.5) is 5.69 Å². The van der Waals surface area contributed by atoms with Gasteiger partial charge in [0.2, 0.25) is 5.91 Å². The van der Waals surface area contributed by atoms with E-state index in [2.05, 4.69) is 22.2 Å². The maximum absolute atomic E-state index is 12.2. The number of benzene rings is 2. The number of imidazole rings is 1. The van der Waals surface area contributed by atoms with E-state index in [9.17, 15) is 4.79 Å². The van der Waals surface area contributed by atoms with Crippen molar-refractivity contribution in [3.05, 3.63) is 42.5 Å². The monoisotopic (exact) mass is 385 g/mol. The number of carbonyl (C=O) groups excluding carboxylic acids is 1. The molecule has 0 aliphatic rings. The van der Waals surface area contributed by atoms with Gasteiger partial charge in [-0.3, -0.25) is 4.79 Å². The summed E-state index contributed by atoms with van der Waals surface area (Å²) in [5.74, 6) is 1.76. The van der Waals surface area contributed by atoms with Gasteiger partial charge in [0.15, 0.2) is 5.16 Å². The first-order valence-corrected chi connectivity index (χ1v) is 9.85. The van der Waals surface area contributed by atoms with Gasteiger partial charge in [0.25, 0.3) is 0 Å². The van der Waals surface area contributed by atoms with E-state index in [4.69, 9.17) is 9.47 Å². The van der Waals surface area contributed by atoms with Crippen LogP contribution in [0.3, 0.4) is 0 Å². The molecule has 1 amide bonds. The summed E-state index contributed by atoms with van der Waals surface area (Å²) in [5.41, 5.74) is 2.48. The molecular weight excluding hydrogens is 362 g/mol. The zero-order valence-electron chi connectivity index (χ0n) is 15.5. The Morgan fingerprint density at radius 3 is 2.70 bits per heavy atom. The van der Waals surface area contributed by atoms with Gasteiger partial charge in [0, 0.05) is 11.8 Å². The summed E-state index contributed by atoms with van der Waals surface area (Å²) < 4.78 is 10.8. The standard InChI is InChI=1S/C20H23N3O3S/c1-3-4-11-26-15-7-5-14(6-8-15)21-19(24)13-27-20-22-17-10-9-16(25-2)12-18(17)23-20/h5-10,12H,3-4,11,13H2,1-2H3,(H,21,24)(H,22,23). The van der Waals surface area contributed by atoms with Crippen LogP contribution in [0.1, 0.15) is 19.8 Å². The Bertz CT molecular complexity index is 893. The molecule has 0 unspecified atom stereocenters. The third-order valence-corrected chi connectivity index (χ3v) is 4.79. The highest BCUT2D eigenvalue weighted by molar-refractivity contribution is 7.99. The van der Waals surface area contributed by atoms with Crippen LogP contribution in [0.5, 0.6) is 11.5 Å². The first kappa shape index (κ1) is 19.1. The van der Waals surface area contributed by atoms with E-state index in [-0.39, 0.29) is 11.7 Å². The van der Waals surface area contributed by atoms with Crippen molar-refractivity contribution in [3.8, 4) is 11.5 Å². The number of thioether (sulfide) groups is 1. The highest BCUT2D eigenvalue weighted by Crippen LogP contribution is 2.23. The summed E-state index contributed by atoms with van der Waals surface area (Å²) >= 11 is 1.36. The minimum atomic E-state index is -0.0855. The predicted molar refractivity (Wildman–Crippen MR) is 109 cm³/mol. The number of aromatic nitrogens is 2. The van der Waals surface area contributed by atoms with E-state index in [1.54, 1.807) is 7.11 Å². The molecule has 0 aliphatic carbocycles. The number of carbonyl (C=O) groups is 1. The van der Waals surface area contributed by atoms with Gasteiger partial charge in [0.05, 0.1) is 30.5 Å². The van der Waals surface area contributed by atoms with Crippen LogP contribution in [-0.4, -0.2) is 35.3 Å². The van der Waals surface area contributed by atoms with Gasteiger partial charge in [-0.05, 0) is 42.8 Å². The van der Waals surface area contributed by atoms with Gasteiger partial charge >= 0.3 is 0 Å². The number of hydrogen-bond donors (Lipinski definition) is 2. The second-order valence-electron chi connectivity index (χ2n) is 5.99. The van der Waals surface area contributed by atoms with Gasteiger partial charge in [-0.25, -0.2) is 4.98 Å². The molecule has 0 fully saturated rings. The summed E-state index contributed by atoms with van der Waals surface area (Å²) in [7, 11) is 1.63. The molecule has 0 atom stereocenters. The molecule has 0 saturated carbocycles. The third kappa shape index (κ3) is 5.40. The Hall–Kier alpha value is -2.67. The summed E-state index contributed by atoms with van der Waals surface area (Å²) in [6, 6.07) is 13.1. The number of rotatable bonds is 9. The molecule has 6 nitrogen and oxygen atoms in total. The van der Waals surface area contributed by atoms with Crippen LogP contribution < -0.4 is 14.8 Å². The number of aromatic amines is 1. The molecule has 3 rings (SSSR count). The number of nitrogens with zero attached hydrogens (tertiary/aromatic N) is 1. The molecule has 1 heterocycles. The van der Waals surface area contributed by atoms with Gasteiger partial charge < -0.3 is 19.8 Å². The number of anilines is 1. The van der Waals surface area contributed by atoms with Crippen molar-refractivity contribution in [1.29, 1.82) is 0 Å². The van der Waals surface area contributed by atoms with Crippen LogP contribution in [0.2, 0.25) is 0 Å². The maximum atomic E-state index is 12.2. The minimum Gasteiger partial charge on any atom is -0.497 e. The lowest BCUT2D eigenvalue weighted by atomic mass is 10.3. The number of H-pyrrole nitrogens is 1. The van der Waals surface area contributed by atoms with Crippen LogP contribution in [0, 0.1) is 0 Å². The minimum absolute atomic E-state index is 0.0855. The summed E-state index contributed by atoms with van der Waals surface area (Å²) in [6.45, 7) is 2.84. The lowest BCUT2D eigenvalue weighted by Crippen LogP contribution is -2.14. The van der Waals surface area contributed by atoms with Crippen molar-refractivity contribution in [3.63, 3.8) is 0 Å². The normalized spacial score (nSPS) is 10.7. The lowest BCUT2D eigenvalue weighted by Gasteiger charge is -2.07. The quantitative estimate of drug-likeness (QED) is 0.419. The predicted octanol–water partition coefficient (Wildman–Crippen LogP) is 4.48. The molecule has 27 heavy (non-hydrogen) atoms. The Morgan fingerprint density at radius 1 is 1.19 bits per heavy atom. The van der Waals surface area contributed by atoms with Gasteiger partial charge in [-0.15, -0.1) is 0 Å². The van der Waals surface area contributed by atoms with Crippen LogP contribution in [-0.2, 0) is 4.79 Å². The number of hydrogen-bond acceptors (Lipinski definition) is 5. The molecular formula is C20H23N3O3S. The van der Waals surface area contributed by atoms with E-state index >= 15 is 0 Å². The highest BCUT2D eigenvalue weighted by Gasteiger charge is 2.08. The van der Waals surface area contributed by atoms with E-state index in [1.807, 2.05) is 42.5 Å². The molecule has 7 heteroatoms. The van der Waals surface area contributed by atoms with Crippen LogP contribution in [0.15, 0.2) is 47.6 Å². The van der Waals surface area contributed by atoms with E-state index in [0.29, 0.717) is 11.8 Å².